The van der Waals surface area contributed by atoms with Crippen LogP contribution in [0.25, 0.3) is 0 Å². The number of carbonyl (C=O) groups is 2. The fourth-order valence-corrected chi connectivity index (χ4v) is 3.08. The first-order valence-corrected chi connectivity index (χ1v) is 7.86. The Bertz CT molecular complexity index is 515. The first-order chi connectivity index (χ1) is 10.1. The number of nitrogens with one attached hydrogen (secondary N) is 1. The lowest BCUT2D eigenvalue weighted by Gasteiger charge is -2.26. The third kappa shape index (κ3) is 4.82. The zero-order chi connectivity index (χ0) is 15.2. The molecule has 21 heavy (non-hydrogen) atoms. The average Bonchev–Trinajstić information content (AvgIpc) is 2.94. The molecule has 0 aromatic heterocycles. The molecule has 1 fully saturated rings. The van der Waals surface area contributed by atoms with Crippen LogP contribution in [0.15, 0.2) is 28.7 Å². The van der Waals surface area contributed by atoms with Gasteiger partial charge in [-0.3, -0.25) is 14.5 Å². The number of hydrogen-bond acceptors (Lipinski definition) is 3. The van der Waals surface area contributed by atoms with E-state index in [2.05, 4.69) is 21.2 Å². The normalized spacial score (nSPS) is 15.3. The topological polar surface area (TPSA) is 69.6 Å². The van der Waals surface area contributed by atoms with Crippen molar-refractivity contribution in [3.63, 3.8) is 0 Å². The second-order valence-electron chi connectivity index (χ2n) is 5.27. The SMILES string of the molecule is O=C(O)CN(CC(=O)Nc1ccccc1Br)C1CCCC1. The third-order valence-corrected chi connectivity index (χ3v) is 4.37. The second kappa shape index (κ2) is 7.56. The van der Waals surface area contributed by atoms with E-state index in [1.54, 1.807) is 11.0 Å². The molecule has 6 heteroatoms. The standard InChI is InChI=1S/C15H19BrN2O3/c16-12-7-3-4-8-13(12)17-14(19)9-18(10-15(20)21)11-5-1-2-6-11/h3-4,7-8,11H,1-2,5-6,9-10H2,(H,17,19)(H,20,21). The quantitative estimate of drug-likeness (QED) is 0.823. The number of aliphatic carboxylic acids is 1. The van der Waals surface area contributed by atoms with Crippen LogP contribution in [0.4, 0.5) is 5.69 Å². The Hall–Kier alpha value is -1.40. The monoisotopic (exact) mass is 354 g/mol. The average molecular weight is 355 g/mol. The first kappa shape index (κ1) is 16.0. The fraction of sp³-hybridized carbons (Fsp3) is 0.467. The molecule has 0 radical (unpaired) electrons. The molecule has 0 unspecified atom stereocenters. The predicted octanol–water partition coefficient (Wildman–Crippen LogP) is 2.72. The van der Waals surface area contributed by atoms with Crippen molar-refractivity contribution < 1.29 is 14.7 Å². The number of nitrogens with zero attached hydrogens (tertiary/aromatic N) is 1. The molecule has 1 aliphatic carbocycles. The van der Waals surface area contributed by atoms with Crippen LogP contribution in [-0.4, -0.2) is 41.0 Å². The minimum Gasteiger partial charge on any atom is -0.480 e. The molecule has 5 nitrogen and oxygen atoms in total. The van der Waals surface area contributed by atoms with Crippen molar-refractivity contribution in [1.29, 1.82) is 0 Å². The van der Waals surface area contributed by atoms with Crippen LogP contribution >= 0.6 is 15.9 Å². The van der Waals surface area contributed by atoms with Crippen LogP contribution in [0.2, 0.25) is 0 Å². The van der Waals surface area contributed by atoms with Crippen LogP contribution in [0.3, 0.4) is 0 Å². The zero-order valence-electron chi connectivity index (χ0n) is 11.7. The van der Waals surface area contributed by atoms with Crippen LogP contribution in [0.1, 0.15) is 25.7 Å². The summed E-state index contributed by atoms with van der Waals surface area (Å²) < 4.78 is 0.809. The summed E-state index contributed by atoms with van der Waals surface area (Å²) in [6.07, 6.45) is 4.14. The molecule has 0 saturated heterocycles. The molecule has 0 aliphatic heterocycles. The summed E-state index contributed by atoms with van der Waals surface area (Å²) in [5.74, 6) is -1.08. The van der Waals surface area contributed by atoms with Gasteiger partial charge in [-0.2, -0.15) is 0 Å². The molecule has 2 N–H and O–H groups in total. The Balaban J connectivity index is 1.97. The first-order valence-electron chi connectivity index (χ1n) is 7.06. The number of carboxylic acids is 1. The van der Waals surface area contributed by atoms with E-state index >= 15 is 0 Å². The van der Waals surface area contributed by atoms with Gasteiger partial charge in [0.25, 0.3) is 0 Å². The number of amides is 1. The van der Waals surface area contributed by atoms with E-state index in [9.17, 15) is 9.59 Å². The number of carbonyl (C=O) groups excluding carboxylic acids is 1. The molecule has 1 aromatic carbocycles. The van der Waals surface area contributed by atoms with E-state index in [1.165, 1.54) is 0 Å². The third-order valence-electron chi connectivity index (χ3n) is 3.67. The lowest BCUT2D eigenvalue weighted by atomic mass is 10.2. The van der Waals surface area contributed by atoms with E-state index in [1.807, 2.05) is 18.2 Å². The van der Waals surface area contributed by atoms with Crippen LogP contribution in [0.5, 0.6) is 0 Å². The Morgan fingerprint density at radius 3 is 2.52 bits per heavy atom. The van der Waals surface area contributed by atoms with Crippen molar-refractivity contribution in [3.8, 4) is 0 Å². The highest BCUT2D eigenvalue weighted by atomic mass is 79.9. The number of anilines is 1. The highest BCUT2D eigenvalue weighted by Crippen LogP contribution is 2.24. The molecular weight excluding hydrogens is 336 g/mol. The van der Waals surface area contributed by atoms with Gasteiger partial charge in [-0.15, -0.1) is 0 Å². The lowest BCUT2D eigenvalue weighted by Crippen LogP contribution is -2.42. The van der Waals surface area contributed by atoms with Crippen molar-refractivity contribution in [2.75, 3.05) is 18.4 Å². The maximum absolute atomic E-state index is 12.1. The van der Waals surface area contributed by atoms with Gasteiger partial charge in [-0.05, 0) is 40.9 Å². The van der Waals surface area contributed by atoms with E-state index in [0.717, 1.165) is 30.2 Å². The van der Waals surface area contributed by atoms with Gasteiger partial charge < -0.3 is 10.4 Å². The summed E-state index contributed by atoms with van der Waals surface area (Å²) in [7, 11) is 0. The maximum Gasteiger partial charge on any atom is 0.317 e. The van der Waals surface area contributed by atoms with Crippen molar-refractivity contribution in [2.24, 2.45) is 0 Å². The summed E-state index contributed by atoms with van der Waals surface area (Å²) in [6.45, 7) is 0.0202. The summed E-state index contributed by atoms with van der Waals surface area (Å²) in [5.41, 5.74) is 0.698. The molecule has 0 spiro atoms. The second-order valence-corrected chi connectivity index (χ2v) is 6.12. The molecule has 2 rings (SSSR count). The largest absolute Gasteiger partial charge is 0.480 e. The van der Waals surface area contributed by atoms with Gasteiger partial charge in [0.2, 0.25) is 5.91 Å². The van der Waals surface area contributed by atoms with E-state index in [-0.39, 0.29) is 25.0 Å². The molecule has 1 aliphatic rings. The van der Waals surface area contributed by atoms with Crippen molar-refractivity contribution >= 4 is 33.5 Å². The fourth-order valence-electron chi connectivity index (χ4n) is 2.69. The zero-order valence-corrected chi connectivity index (χ0v) is 13.3. The molecule has 0 heterocycles. The van der Waals surface area contributed by atoms with Crippen LogP contribution < -0.4 is 5.32 Å². The molecular formula is C15H19BrN2O3. The van der Waals surface area contributed by atoms with Gasteiger partial charge in [0, 0.05) is 10.5 Å². The van der Waals surface area contributed by atoms with Crippen LogP contribution in [0, 0.1) is 0 Å². The van der Waals surface area contributed by atoms with Crippen molar-refractivity contribution in [1.82, 2.24) is 4.90 Å². The summed E-state index contributed by atoms with van der Waals surface area (Å²) in [4.78, 5) is 24.9. The lowest BCUT2D eigenvalue weighted by molar-refractivity contribution is -0.139. The summed E-state index contributed by atoms with van der Waals surface area (Å²) in [5, 5.41) is 11.8. The minimum absolute atomic E-state index is 0.0892. The number of hydrogen-bond donors (Lipinski definition) is 2. The Labute approximate surface area is 132 Å². The number of carboxylic acid groups (broad SMARTS) is 1. The van der Waals surface area contributed by atoms with E-state index in [4.69, 9.17) is 5.11 Å². The van der Waals surface area contributed by atoms with Gasteiger partial charge in [-0.25, -0.2) is 0 Å². The number of halogens is 1. The molecule has 1 amide bonds. The van der Waals surface area contributed by atoms with E-state index in [0.29, 0.717) is 5.69 Å². The summed E-state index contributed by atoms with van der Waals surface area (Å²) >= 11 is 3.38. The predicted molar refractivity (Wildman–Crippen MR) is 84.2 cm³/mol. The summed E-state index contributed by atoms with van der Waals surface area (Å²) in [6, 6.07) is 7.56. The molecule has 114 valence electrons. The maximum atomic E-state index is 12.1. The highest BCUT2D eigenvalue weighted by molar-refractivity contribution is 9.10. The van der Waals surface area contributed by atoms with Crippen molar-refractivity contribution in [2.45, 2.75) is 31.7 Å². The number of para-hydroxylation sites is 1. The smallest absolute Gasteiger partial charge is 0.317 e. The Morgan fingerprint density at radius 1 is 1.24 bits per heavy atom. The van der Waals surface area contributed by atoms with Crippen LogP contribution in [-0.2, 0) is 9.59 Å². The van der Waals surface area contributed by atoms with Gasteiger partial charge in [0.1, 0.15) is 0 Å². The molecule has 1 saturated carbocycles. The molecule has 0 atom stereocenters. The Kier molecular flexibility index (Phi) is 5.76. The van der Waals surface area contributed by atoms with Gasteiger partial charge >= 0.3 is 5.97 Å². The van der Waals surface area contributed by atoms with Gasteiger partial charge in [-0.1, -0.05) is 25.0 Å². The highest BCUT2D eigenvalue weighted by Gasteiger charge is 2.26. The van der Waals surface area contributed by atoms with E-state index < -0.39 is 5.97 Å². The van der Waals surface area contributed by atoms with Crippen molar-refractivity contribution in [3.05, 3.63) is 28.7 Å². The molecule has 1 aromatic rings. The van der Waals surface area contributed by atoms with Gasteiger partial charge in [0.15, 0.2) is 0 Å². The van der Waals surface area contributed by atoms with Gasteiger partial charge in [0.05, 0.1) is 18.8 Å². The molecule has 0 bridgehead atoms. The Morgan fingerprint density at radius 2 is 1.90 bits per heavy atom. The number of rotatable bonds is 6. The number of benzene rings is 1. The minimum atomic E-state index is -0.893.